The number of thioether (sulfide) groups is 1. The second-order valence-corrected chi connectivity index (χ2v) is 10.1. The van der Waals surface area contributed by atoms with Crippen molar-refractivity contribution >= 4 is 46.8 Å². The average Bonchev–Trinajstić information content (AvgIpc) is 3.45. The number of carbonyl (C=O) groups excluding carboxylic acids is 1. The molecule has 2 fully saturated rings. The molecule has 0 spiro atoms. The lowest BCUT2D eigenvalue weighted by Gasteiger charge is -2.32. The Morgan fingerprint density at radius 1 is 1.23 bits per heavy atom. The third kappa shape index (κ3) is 4.67. The normalized spacial score (nSPS) is 20.2. The number of nitrogens with one attached hydrogen (secondary N) is 3. The Bertz CT molecular complexity index is 972. The van der Waals surface area contributed by atoms with Crippen LogP contribution in [-0.2, 0) is 4.79 Å². The highest BCUT2D eigenvalue weighted by Crippen LogP contribution is 2.33. The first-order valence-corrected chi connectivity index (χ1v) is 11.9. The molecule has 9 heteroatoms. The molecule has 1 amide bonds. The van der Waals surface area contributed by atoms with Crippen molar-refractivity contribution in [1.82, 2.24) is 15.3 Å². The number of allylic oxidation sites excluding steroid dienone is 1. The summed E-state index contributed by atoms with van der Waals surface area (Å²) in [6.07, 6.45) is 5.22. The minimum Gasteiger partial charge on any atom is -0.362 e. The van der Waals surface area contributed by atoms with Gasteiger partial charge in [0.1, 0.15) is 11.6 Å². The van der Waals surface area contributed by atoms with Gasteiger partial charge in [0, 0.05) is 46.8 Å². The van der Waals surface area contributed by atoms with Gasteiger partial charge in [-0.2, -0.15) is 0 Å². The van der Waals surface area contributed by atoms with Crippen molar-refractivity contribution in [3.05, 3.63) is 41.4 Å². The second-order valence-electron chi connectivity index (χ2n) is 7.69. The van der Waals surface area contributed by atoms with Crippen molar-refractivity contribution in [3.8, 4) is 0 Å². The van der Waals surface area contributed by atoms with Crippen LogP contribution in [0.4, 0.5) is 17.3 Å². The summed E-state index contributed by atoms with van der Waals surface area (Å²) in [5, 5.41) is 10.4. The summed E-state index contributed by atoms with van der Waals surface area (Å²) in [7, 11) is 0. The molecule has 3 aliphatic rings. The zero-order chi connectivity index (χ0) is 20.5. The lowest BCUT2D eigenvalue weighted by Crippen LogP contribution is -2.38. The van der Waals surface area contributed by atoms with Crippen LogP contribution in [0.1, 0.15) is 26.2 Å². The monoisotopic (exact) mass is 440 g/mol. The molecule has 1 atom stereocenters. The molecule has 1 aliphatic carbocycles. The number of rotatable bonds is 7. The number of nitrogens with zero attached hydrogens (tertiary/aromatic N) is 3. The van der Waals surface area contributed by atoms with E-state index in [1.165, 1.54) is 23.1 Å². The molecule has 2 aliphatic heterocycles. The molecule has 3 heterocycles. The van der Waals surface area contributed by atoms with E-state index in [0.29, 0.717) is 5.16 Å². The van der Waals surface area contributed by atoms with Crippen LogP contribution in [0.15, 0.2) is 51.5 Å². The summed E-state index contributed by atoms with van der Waals surface area (Å²) in [5.41, 5.74) is 0.914. The summed E-state index contributed by atoms with van der Waals surface area (Å²) >= 11 is 3.27. The van der Waals surface area contributed by atoms with E-state index in [0.717, 1.165) is 48.1 Å². The summed E-state index contributed by atoms with van der Waals surface area (Å²) in [4.78, 5) is 26.0. The Labute approximate surface area is 184 Å². The van der Waals surface area contributed by atoms with Crippen molar-refractivity contribution in [2.45, 2.75) is 41.7 Å². The average molecular weight is 441 g/mol. The highest BCUT2D eigenvalue weighted by molar-refractivity contribution is 8.03. The molecule has 0 radical (unpaired) electrons. The fraction of sp³-hybridized carbons (Fsp3) is 0.381. The van der Waals surface area contributed by atoms with E-state index in [2.05, 4.69) is 27.8 Å². The van der Waals surface area contributed by atoms with Gasteiger partial charge in [0.15, 0.2) is 10.7 Å². The van der Waals surface area contributed by atoms with E-state index in [4.69, 9.17) is 9.97 Å². The molecule has 1 saturated carbocycles. The zero-order valence-electron chi connectivity index (χ0n) is 16.7. The summed E-state index contributed by atoms with van der Waals surface area (Å²) in [6, 6.07) is 9.90. The molecule has 1 unspecified atom stereocenters. The molecular weight excluding hydrogens is 416 g/mol. The highest BCUT2D eigenvalue weighted by atomic mass is 32.2. The van der Waals surface area contributed by atoms with E-state index in [1.807, 2.05) is 36.5 Å². The topological polar surface area (TPSA) is 82.2 Å². The number of aromatic nitrogens is 2. The third-order valence-electron chi connectivity index (χ3n) is 5.17. The van der Waals surface area contributed by atoms with Gasteiger partial charge in [-0.25, -0.2) is 9.97 Å². The highest BCUT2D eigenvalue weighted by Gasteiger charge is 2.29. The molecule has 30 heavy (non-hydrogen) atoms. The Hall–Kier alpha value is -2.39. The smallest absolute Gasteiger partial charge is 0.227 e. The van der Waals surface area contributed by atoms with E-state index in [1.54, 1.807) is 11.8 Å². The number of hydrogen-bond donors (Lipinski definition) is 3. The summed E-state index contributed by atoms with van der Waals surface area (Å²) < 4.78 is 0. The molecule has 156 valence electrons. The maximum Gasteiger partial charge on any atom is 0.227 e. The minimum atomic E-state index is 0.0800. The quantitative estimate of drug-likeness (QED) is 0.556. The number of benzene rings is 1. The Morgan fingerprint density at radius 2 is 2.03 bits per heavy atom. The van der Waals surface area contributed by atoms with Gasteiger partial charge < -0.3 is 20.9 Å². The van der Waals surface area contributed by atoms with Crippen LogP contribution < -0.4 is 20.9 Å². The number of carbonyl (C=O) groups is 1. The number of hydrogen-bond acceptors (Lipinski definition) is 8. The maximum absolute atomic E-state index is 11.9. The standard InChI is InChI=1S/C21H24N6OS2/c1-13-12-22-20(29-13)24-17-11-18(27-9-2-10-27)26-21(25-17)30-16-7-5-15(6-8-16)23-19(28)14-3-4-14/h5-8,11-12,14,20,22H,2-4,9-10H2,1H3,(H,23,28)(H,24,25,26). The Kier molecular flexibility index (Phi) is 5.47. The van der Waals surface area contributed by atoms with Gasteiger partial charge in [0.25, 0.3) is 0 Å². The van der Waals surface area contributed by atoms with Crippen molar-refractivity contribution in [1.29, 1.82) is 0 Å². The molecule has 1 aromatic carbocycles. The molecule has 2 aromatic rings. The molecule has 0 bridgehead atoms. The van der Waals surface area contributed by atoms with Gasteiger partial charge >= 0.3 is 0 Å². The van der Waals surface area contributed by atoms with Crippen LogP contribution in [0.25, 0.3) is 0 Å². The molecule has 1 saturated heterocycles. The van der Waals surface area contributed by atoms with Crippen LogP contribution in [0.2, 0.25) is 0 Å². The van der Waals surface area contributed by atoms with Crippen molar-refractivity contribution in [2.24, 2.45) is 5.92 Å². The third-order valence-corrected chi connectivity index (χ3v) is 7.02. The van der Waals surface area contributed by atoms with Crippen molar-refractivity contribution in [3.63, 3.8) is 0 Å². The van der Waals surface area contributed by atoms with Gasteiger partial charge in [0.2, 0.25) is 5.91 Å². The van der Waals surface area contributed by atoms with Gasteiger partial charge in [0.05, 0.1) is 0 Å². The van der Waals surface area contributed by atoms with Crippen LogP contribution >= 0.6 is 23.5 Å². The Balaban J connectivity index is 1.29. The van der Waals surface area contributed by atoms with Crippen LogP contribution in [0.3, 0.4) is 0 Å². The molecule has 3 N–H and O–H groups in total. The van der Waals surface area contributed by atoms with E-state index >= 15 is 0 Å². The first-order valence-electron chi connectivity index (χ1n) is 10.2. The van der Waals surface area contributed by atoms with Gasteiger partial charge in [-0.05, 0) is 62.2 Å². The first-order chi connectivity index (χ1) is 14.6. The SMILES string of the molecule is CC1=CNC(Nc2cc(N3CCC3)nc(Sc3ccc(NC(=O)C4CC4)cc3)n2)S1. The van der Waals surface area contributed by atoms with Crippen molar-refractivity contribution < 1.29 is 4.79 Å². The van der Waals surface area contributed by atoms with Gasteiger partial charge in [-0.1, -0.05) is 11.8 Å². The lowest BCUT2D eigenvalue weighted by atomic mass is 10.2. The predicted molar refractivity (Wildman–Crippen MR) is 123 cm³/mol. The lowest BCUT2D eigenvalue weighted by molar-refractivity contribution is -0.117. The molecular formula is C21H24N6OS2. The first kappa shape index (κ1) is 19.6. The largest absolute Gasteiger partial charge is 0.362 e. The van der Waals surface area contributed by atoms with Crippen LogP contribution in [0, 0.1) is 5.92 Å². The van der Waals surface area contributed by atoms with E-state index in [-0.39, 0.29) is 17.3 Å². The molecule has 7 nitrogen and oxygen atoms in total. The number of anilines is 3. The van der Waals surface area contributed by atoms with Crippen LogP contribution in [0.5, 0.6) is 0 Å². The molecule has 1 aromatic heterocycles. The number of amides is 1. The summed E-state index contributed by atoms with van der Waals surface area (Å²) in [5.74, 6) is 2.10. The summed E-state index contributed by atoms with van der Waals surface area (Å²) in [6.45, 7) is 4.16. The van der Waals surface area contributed by atoms with Crippen molar-refractivity contribution in [2.75, 3.05) is 28.6 Å². The zero-order valence-corrected chi connectivity index (χ0v) is 18.4. The molecule has 5 rings (SSSR count). The van der Waals surface area contributed by atoms with Gasteiger partial charge in [-0.15, -0.1) is 0 Å². The van der Waals surface area contributed by atoms with Gasteiger partial charge in [-0.3, -0.25) is 4.79 Å². The second kappa shape index (κ2) is 8.39. The van der Waals surface area contributed by atoms with E-state index < -0.39 is 0 Å². The maximum atomic E-state index is 11.9. The predicted octanol–water partition coefficient (Wildman–Crippen LogP) is 4.08. The van der Waals surface area contributed by atoms with E-state index in [9.17, 15) is 4.79 Å². The fourth-order valence-electron chi connectivity index (χ4n) is 3.19. The fourth-order valence-corrected chi connectivity index (χ4v) is 4.78. The Morgan fingerprint density at radius 3 is 2.67 bits per heavy atom. The minimum absolute atomic E-state index is 0.0800. The van der Waals surface area contributed by atoms with Crippen LogP contribution in [-0.4, -0.2) is 34.5 Å².